The van der Waals surface area contributed by atoms with Crippen molar-refractivity contribution >= 4 is 29.3 Å². The van der Waals surface area contributed by atoms with E-state index >= 15 is 0 Å². The first kappa shape index (κ1) is 52.1. The van der Waals surface area contributed by atoms with Gasteiger partial charge >= 0.3 is 6.03 Å². The van der Waals surface area contributed by atoms with E-state index in [4.69, 9.17) is 12.2 Å². The molecule has 0 aliphatic rings. The highest BCUT2D eigenvalue weighted by atomic mass is 32.1. The number of nitrogens with one attached hydrogen (secondary N) is 5. The first-order valence-electron chi connectivity index (χ1n) is 22.0. The molecule has 0 aromatic heterocycles. The van der Waals surface area contributed by atoms with Crippen LogP contribution in [0.4, 0.5) is 4.79 Å². The lowest BCUT2D eigenvalue weighted by Gasteiger charge is -2.12. The molecule has 0 atom stereocenters. The van der Waals surface area contributed by atoms with Gasteiger partial charge in [0.25, 0.3) is 5.91 Å². The molecule has 0 bridgehead atoms. The summed E-state index contributed by atoms with van der Waals surface area (Å²) in [5.41, 5.74) is 7.21. The summed E-state index contributed by atoms with van der Waals surface area (Å²) >= 11 is 5.27. The molecular formula is C50H81N5O2S. The van der Waals surface area contributed by atoms with E-state index < -0.39 is 0 Å². The lowest BCUT2D eigenvalue weighted by atomic mass is 10.0. The monoisotopic (exact) mass is 816 g/mol. The van der Waals surface area contributed by atoms with Crippen LogP contribution in [-0.4, -0.2) is 36.7 Å². The van der Waals surface area contributed by atoms with Gasteiger partial charge in [0.2, 0.25) is 0 Å². The summed E-state index contributed by atoms with van der Waals surface area (Å²) in [5.74, 6) is 4.01. The number of hydrogen-bond acceptors (Lipinski definition) is 3. The number of thiocarbonyl (C=S) groups is 1. The highest BCUT2D eigenvalue weighted by molar-refractivity contribution is 7.80. The van der Waals surface area contributed by atoms with Crippen molar-refractivity contribution in [1.82, 2.24) is 26.6 Å². The maximum atomic E-state index is 11.8. The molecule has 7 nitrogen and oxygen atoms in total. The lowest BCUT2D eigenvalue weighted by Crippen LogP contribution is -2.35. The molecule has 0 aliphatic carbocycles. The molecule has 3 aromatic rings. The van der Waals surface area contributed by atoms with E-state index in [0.717, 1.165) is 80.9 Å². The van der Waals surface area contributed by atoms with Crippen LogP contribution < -0.4 is 26.6 Å². The second kappa shape index (κ2) is 30.2. The molecule has 3 rings (SSSR count). The van der Waals surface area contributed by atoms with Crippen molar-refractivity contribution in [2.45, 2.75) is 135 Å². The second-order valence-electron chi connectivity index (χ2n) is 18.1. The number of amides is 3. The maximum Gasteiger partial charge on any atom is 0.315 e. The van der Waals surface area contributed by atoms with Crippen LogP contribution in [0.3, 0.4) is 0 Å². The largest absolute Gasteiger partial charge is 0.363 e. The van der Waals surface area contributed by atoms with Gasteiger partial charge in [-0.3, -0.25) is 4.79 Å². The molecule has 3 aromatic carbocycles. The summed E-state index contributed by atoms with van der Waals surface area (Å²) in [6.45, 7) is 30.2. The molecule has 0 heterocycles. The number of benzene rings is 3. The van der Waals surface area contributed by atoms with E-state index in [1.807, 2.05) is 12.1 Å². The minimum atomic E-state index is -0.0862. The van der Waals surface area contributed by atoms with Crippen molar-refractivity contribution < 1.29 is 9.59 Å². The molecular weight excluding hydrogens is 735 g/mol. The van der Waals surface area contributed by atoms with Crippen molar-refractivity contribution in [2.75, 3.05) is 19.6 Å². The number of rotatable bonds is 20. The van der Waals surface area contributed by atoms with Gasteiger partial charge < -0.3 is 26.6 Å². The average Bonchev–Trinajstić information content (AvgIpc) is 3.14. The van der Waals surface area contributed by atoms with Crippen molar-refractivity contribution in [2.24, 2.45) is 35.5 Å². The Hall–Kier alpha value is -3.91. The van der Waals surface area contributed by atoms with Crippen LogP contribution in [0.25, 0.3) is 0 Å². The fourth-order valence-electron chi connectivity index (χ4n) is 5.81. The minimum absolute atomic E-state index is 0.0340. The van der Waals surface area contributed by atoms with Crippen LogP contribution in [0.2, 0.25) is 0 Å². The number of hydrogen-bond donors (Lipinski definition) is 5. The zero-order chi connectivity index (χ0) is 43.5. The fraction of sp³-hybridized carbons (Fsp3) is 0.580. The van der Waals surface area contributed by atoms with Crippen LogP contribution in [0.1, 0.15) is 141 Å². The summed E-state index contributed by atoms with van der Waals surface area (Å²) in [6.07, 6.45) is 6.49. The van der Waals surface area contributed by atoms with Gasteiger partial charge in [-0.1, -0.05) is 144 Å². The predicted molar refractivity (Wildman–Crippen MR) is 253 cm³/mol. The second-order valence-corrected chi connectivity index (χ2v) is 18.6. The number of urea groups is 1. The maximum absolute atomic E-state index is 11.8. The molecule has 0 radical (unpaired) electrons. The number of carbonyl (C=O) groups is 2. The van der Waals surface area contributed by atoms with Gasteiger partial charge in [-0.15, -0.1) is 0 Å². The minimum Gasteiger partial charge on any atom is -0.363 e. The average molecular weight is 816 g/mol. The highest BCUT2D eigenvalue weighted by Crippen LogP contribution is 2.12. The van der Waals surface area contributed by atoms with Crippen molar-refractivity contribution in [3.05, 3.63) is 106 Å². The molecule has 5 N–H and O–H groups in total. The zero-order valence-corrected chi connectivity index (χ0v) is 39.2. The summed E-state index contributed by atoms with van der Waals surface area (Å²) < 4.78 is 0. The summed E-state index contributed by atoms with van der Waals surface area (Å²) in [6, 6.07) is 25.1. The molecule has 0 aliphatic heterocycles. The topological polar surface area (TPSA) is 94.3 Å². The Morgan fingerprint density at radius 3 is 1.12 bits per heavy atom. The third kappa shape index (κ3) is 27.7. The summed E-state index contributed by atoms with van der Waals surface area (Å²) in [5, 5.41) is 15.9. The van der Waals surface area contributed by atoms with Gasteiger partial charge in [-0.25, -0.2) is 4.79 Å². The molecule has 58 heavy (non-hydrogen) atoms. The quantitative estimate of drug-likeness (QED) is 0.0733. The Bertz CT molecular complexity index is 1450. The first-order chi connectivity index (χ1) is 27.4. The third-order valence-corrected chi connectivity index (χ3v) is 9.41. The van der Waals surface area contributed by atoms with Gasteiger partial charge in [-0.2, -0.15) is 0 Å². The lowest BCUT2D eigenvalue weighted by molar-refractivity contribution is 0.0952. The molecule has 8 heteroatoms. The van der Waals surface area contributed by atoms with Gasteiger partial charge in [0.05, 0.1) is 0 Å². The van der Waals surface area contributed by atoms with Gasteiger partial charge in [0, 0.05) is 38.3 Å². The van der Waals surface area contributed by atoms with E-state index in [1.54, 1.807) is 0 Å². The molecule has 0 spiro atoms. The van der Waals surface area contributed by atoms with Crippen molar-refractivity contribution in [3.8, 4) is 0 Å². The molecule has 324 valence electrons. The van der Waals surface area contributed by atoms with Crippen LogP contribution in [0, 0.1) is 35.5 Å². The Morgan fingerprint density at radius 2 is 0.741 bits per heavy atom. The molecule has 3 amide bonds. The van der Waals surface area contributed by atoms with E-state index in [9.17, 15) is 9.59 Å². The van der Waals surface area contributed by atoms with E-state index in [0.29, 0.717) is 42.1 Å². The van der Waals surface area contributed by atoms with Gasteiger partial charge in [0.1, 0.15) is 0 Å². The summed E-state index contributed by atoms with van der Waals surface area (Å²) in [4.78, 5) is 23.4. The molecule has 0 unspecified atom stereocenters. The SMILES string of the molecule is CC(C)CCNC(=O)NCc1ccc(CC(C)C)cc1.CC(C)CCNC(=O)c1ccc(CC(C)C)cc1.CC(C)CCNC(=S)NCc1ccc(CC(C)C)cc1. The van der Waals surface area contributed by atoms with Crippen LogP contribution in [0.15, 0.2) is 72.8 Å². The Morgan fingerprint density at radius 1 is 0.414 bits per heavy atom. The number of carbonyl (C=O) groups excluding carboxylic acids is 2. The predicted octanol–water partition coefficient (Wildman–Crippen LogP) is 11.3. The van der Waals surface area contributed by atoms with E-state index in [1.165, 1.54) is 22.3 Å². The van der Waals surface area contributed by atoms with Crippen molar-refractivity contribution in [1.29, 1.82) is 0 Å². The third-order valence-electron chi connectivity index (χ3n) is 9.12. The van der Waals surface area contributed by atoms with Gasteiger partial charge in [-0.05, 0) is 126 Å². The van der Waals surface area contributed by atoms with E-state index in [2.05, 4.69) is 170 Å². The fourth-order valence-corrected chi connectivity index (χ4v) is 5.98. The Balaban J connectivity index is 0.000000436. The van der Waals surface area contributed by atoms with Crippen LogP contribution >= 0.6 is 12.2 Å². The van der Waals surface area contributed by atoms with Crippen LogP contribution in [-0.2, 0) is 32.4 Å². The first-order valence-corrected chi connectivity index (χ1v) is 22.4. The van der Waals surface area contributed by atoms with Crippen molar-refractivity contribution in [3.63, 3.8) is 0 Å². The standard InChI is InChI=1S/C17H28N2O.C17H28N2S.C16H25NO/c2*1-13(2)9-10-18-17(20)19-12-16-7-5-15(6-8-16)11-14(3)4;1-12(2)9-10-17-16(18)15-7-5-14(6-8-15)11-13(3)4/h2*5-8,13-14H,9-12H2,1-4H3,(H2,18,19,20);5-8,12-13H,9-11H2,1-4H3,(H,17,18). The highest BCUT2D eigenvalue weighted by Gasteiger charge is 2.07. The Labute approximate surface area is 360 Å². The summed E-state index contributed by atoms with van der Waals surface area (Å²) in [7, 11) is 0. The molecule has 0 fully saturated rings. The molecule has 0 saturated carbocycles. The molecule has 0 saturated heterocycles. The normalized spacial score (nSPS) is 10.9. The smallest absolute Gasteiger partial charge is 0.315 e. The Kier molecular flexibility index (Phi) is 27.1. The van der Waals surface area contributed by atoms with Crippen LogP contribution in [0.5, 0.6) is 0 Å². The van der Waals surface area contributed by atoms with Gasteiger partial charge in [0.15, 0.2) is 5.11 Å². The zero-order valence-electron chi connectivity index (χ0n) is 38.4. The van der Waals surface area contributed by atoms with E-state index in [-0.39, 0.29) is 11.9 Å².